The van der Waals surface area contributed by atoms with Crippen molar-refractivity contribution in [2.45, 2.75) is 20.3 Å². The van der Waals surface area contributed by atoms with Crippen LogP contribution in [0.25, 0.3) is 0 Å². The minimum absolute atomic E-state index is 0.0431. The fourth-order valence-electron chi connectivity index (χ4n) is 2.53. The van der Waals surface area contributed by atoms with Gasteiger partial charge < -0.3 is 21.3 Å². The molecule has 0 aliphatic carbocycles. The third-order valence-electron chi connectivity index (χ3n) is 3.85. The van der Waals surface area contributed by atoms with E-state index in [0.717, 1.165) is 37.7 Å². The molecule has 1 aromatic rings. The monoisotopic (exact) mass is 310 g/mol. The predicted molar refractivity (Wildman–Crippen MR) is 86.2 cm³/mol. The van der Waals surface area contributed by atoms with Crippen LogP contribution in [0.2, 0.25) is 0 Å². The molecule has 1 amide bonds. The van der Waals surface area contributed by atoms with Crippen molar-refractivity contribution < 1.29 is 9.59 Å². The van der Waals surface area contributed by atoms with Gasteiger partial charge in [-0.3, -0.25) is 9.59 Å². The number of rotatable bonds is 5. The van der Waals surface area contributed by atoms with Crippen LogP contribution in [0, 0.1) is 0 Å². The van der Waals surface area contributed by atoms with Crippen LogP contribution >= 0.6 is 11.3 Å². The number of carbonyl (C=O) groups is 2. The van der Waals surface area contributed by atoms with Crippen molar-refractivity contribution in [2.75, 3.05) is 43.4 Å². The molecule has 116 valence electrons. The lowest BCUT2D eigenvalue weighted by molar-refractivity contribution is 0.0991. The Balaban J connectivity index is 2.34. The van der Waals surface area contributed by atoms with E-state index < -0.39 is 5.91 Å². The Morgan fingerprint density at radius 1 is 1.19 bits per heavy atom. The smallest absolute Gasteiger partial charge is 0.253 e. The van der Waals surface area contributed by atoms with E-state index in [1.807, 2.05) is 0 Å². The molecule has 7 heteroatoms. The number of hydrogen-bond acceptors (Lipinski definition) is 6. The van der Waals surface area contributed by atoms with E-state index in [1.54, 1.807) is 6.92 Å². The zero-order chi connectivity index (χ0) is 15.6. The first-order chi connectivity index (χ1) is 9.99. The van der Waals surface area contributed by atoms with Gasteiger partial charge in [0.05, 0.1) is 16.1 Å². The summed E-state index contributed by atoms with van der Waals surface area (Å²) in [5.74, 6) is -0.606. The fourth-order valence-corrected chi connectivity index (χ4v) is 3.81. The van der Waals surface area contributed by atoms with Gasteiger partial charge in [0.25, 0.3) is 5.91 Å². The molecular weight excluding hydrogens is 288 g/mol. The van der Waals surface area contributed by atoms with Crippen molar-refractivity contribution in [3.8, 4) is 0 Å². The fraction of sp³-hybridized carbons (Fsp3) is 0.571. The van der Waals surface area contributed by atoms with E-state index in [1.165, 1.54) is 11.3 Å². The molecule has 6 nitrogen and oxygen atoms in total. The van der Waals surface area contributed by atoms with Crippen molar-refractivity contribution in [3.05, 3.63) is 10.4 Å². The zero-order valence-electron chi connectivity index (χ0n) is 12.5. The molecule has 0 unspecified atom stereocenters. The van der Waals surface area contributed by atoms with Gasteiger partial charge in [0.15, 0.2) is 5.78 Å². The first-order valence-electron chi connectivity index (χ1n) is 7.22. The van der Waals surface area contributed by atoms with Crippen LogP contribution in [-0.4, -0.2) is 49.3 Å². The SMILES string of the molecule is CCC(=O)c1sc(N2CCN(CC)CC2)c(C(N)=O)c1N. The Kier molecular flexibility index (Phi) is 4.84. The molecule has 0 radical (unpaired) electrons. The Labute approximate surface area is 128 Å². The number of likely N-dealkylation sites (N-methyl/N-ethyl adjacent to an activating group) is 1. The number of piperazine rings is 1. The van der Waals surface area contributed by atoms with Crippen LogP contribution in [0.4, 0.5) is 10.7 Å². The lowest BCUT2D eigenvalue weighted by Gasteiger charge is -2.35. The maximum Gasteiger partial charge on any atom is 0.253 e. The number of nitrogens with two attached hydrogens (primary N) is 2. The largest absolute Gasteiger partial charge is 0.397 e. The average molecular weight is 310 g/mol. The number of carbonyl (C=O) groups excluding carboxylic acids is 2. The first kappa shape index (κ1) is 15.8. The summed E-state index contributed by atoms with van der Waals surface area (Å²) in [7, 11) is 0. The minimum atomic E-state index is -0.563. The van der Waals surface area contributed by atoms with Crippen LogP contribution in [0.1, 0.15) is 40.3 Å². The molecule has 0 spiro atoms. The Hall–Kier alpha value is -1.60. The van der Waals surface area contributed by atoms with E-state index in [-0.39, 0.29) is 11.5 Å². The summed E-state index contributed by atoms with van der Waals surface area (Å²) in [6.07, 6.45) is 0.367. The number of anilines is 2. The summed E-state index contributed by atoms with van der Waals surface area (Å²) >= 11 is 1.29. The maximum absolute atomic E-state index is 12.0. The quantitative estimate of drug-likeness (QED) is 0.796. The highest BCUT2D eigenvalue weighted by Crippen LogP contribution is 2.39. The molecule has 2 rings (SSSR count). The second-order valence-corrected chi connectivity index (χ2v) is 6.09. The Morgan fingerprint density at radius 3 is 2.29 bits per heavy atom. The van der Waals surface area contributed by atoms with Crippen molar-refractivity contribution in [1.29, 1.82) is 0 Å². The lowest BCUT2D eigenvalue weighted by atomic mass is 10.1. The number of thiophene rings is 1. The summed E-state index contributed by atoms with van der Waals surface area (Å²) in [5, 5.41) is 0.743. The third-order valence-corrected chi connectivity index (χ3v) is 5.16. The van der Waals surface area contributed by atoms with E-state index in [4.69, 9.17) is 11.5 Å². The number of amides is 1. The van der Waals surface area contributed by atoms with Gasteiger partial charge in [-0.2, -0.15) is 0 Å². The molecule has 4 N–H and O–H groups in total. The molecule has 2 heterocycles. The number of primary amides is 1. The van der Waals surface area contributed by atoms with E-state index >= 15 is 0 Å². The van der Waals surface area contributed by atoms with Crippen molar-refractivity contribution in [1.82, 2.24) is 4.90 Å². The highest BCUT2D eigenvalue weighted by Gasteiger charge is 2.28. The van der Waals surface area contributed by atoms with Crippen LogP contribution in [0.5, 0.6) is 0 Å². The van der Waals surface area contributed by atoms with Gasteiger partial charge in [-0.1, -0.05) is 13.8 Å². The molecule has 1 aromatic heterocycles. The first-order valence-corrected chi connectivity index (χ1v) is 8.03. The molecular formula is C14H22N4O2S. The van der Waals surface area contributed by atoms with Crippen LogP contribution in [0.15, 0.2) is 0 Å². The lowest BCUT2D eigenvalue weighted by Crippen LogP contribution is -2.46. The van der Waals surface area contributed by atoms with Crippen molar-refractivity contribution >= 4 is 33.7 Å². The maximum atomic E-state index is 12.0. The Morgan fingerprint density at radius 2 is 1.81 bits per heavy atom. The number of nitrogen functional groups attached to an aromatic ring is 1. The topological polar surface area (TPSA) is 92.7 Å². The number of Topliss-reactive ketones (excluding diaryl/α,β-unsaturated/α-hetero) is 1. The van der Waals surface area contributed by atoms with Gasteiger partial charge in [-0.05, 0) is 6.54 Å². The minimum Gasteiger partial charge on any atom is -0.397 e. The number of ketones is 1. The zero-order valence-corrected chi connectivity index (χ0v) is 13.3. The van der Waals surface area contributed by atoms with Gasteiger partial charge in [0.1, 0.15) is 5.00 Å². The van der Waals surface area contributed by atoms with Gasteiger partial charge in [-0.15, -0.1) is 11.3 Å². The molecule has 1 aliphatic rings. The predicted octanol–water partition coefficient (Wildman–Crippen LogP) is 1.16. The Bertz CT molecular complexity index is 547. The normalized spacial score (nSPS) is 16.2. The van der Waals surface area contributed by atoms with Crippen LogP contribution in [0.3, 0.4) is 0 Å². The van der Waals surface area contributed by atoms with E-state index in [0.29, 0.717) is 16.9 Å². The molecule has 0 atom stereocenters. The second-order valence-electron chi connectivity index (χ2n) is 5.09. The van der Waals surface area contributed by atoms with Crippen LogP contribution < -0.4 is 16.4 Å². The summed E-state index contributed by atoms with van der Waals surface area (Å²) in [5.41, 5.74) is 12.0. The van der Waals surface area contributed by atoms with Gasteiger partial charge in [0, 0.05) is 32.6 Å². The van der Waals surface area contributed by atoms with Gasteiger partial charge >= 0.3 is 0 Å². The standard InChI is InChI=1S/C14H22N4O2S/c1-3-9(19)12-11(15)10(13(16)20)14(21-12)18-7-5-17(4-2)6-8-18/h3-8,15H2,1-2H3,(H2,16,20). The van der Waals surface area contributed by atoms with Crippen molar-refractivity contribution in [3.63, 3.8) is 0 Å². The molecule has 1 aliphatic heterocycles. The second kappa shape index (κ2) is 6.44. The van der Waals surface area contributed by atoms with Gasteiger partial charge in [0.2, 0.25) is 0 Å². The van der Waals surface area contributed by atoms with Gasteiger partial charge in [-0.25, -0.2) is 0 Å². The number of hydrogen-bond donors (Lipinski definition) is 2. The molecule has 0 bridgehead atoms. The summed E-state index contributed by atoms with van der Waals surface area (Å²) in [4.78, 5) is 28.6. The molecule has 0 aromatic carbocycles. The molecule has 0 saturated carbocycles. The molecule has 1 fully saturated rings. The molecule has 21 heavy (non-hydrogen) atoms. The highest BCUT2D eigenvalue weighted by molar-refractivity contribution is 7.19. The van der Waals surface area contributed by atoms with E-state index in [9.17, 15) is 9.59 Å². The van der Waals surface area contributed by atoms with Crippen molar-refractivity contribution in [2.24, 2.45) is 5.73 Å². The summed E-state index contributed by atoms with van der Waals surface area (Å²) in [6.45, 7) is 8.42. The summed E-state index contributed by atoms with van der Waals surface area (Å²) in [6, 6.07) is 0. The van der Waals surface area contributed by atoms with Crippen LogP contribution in [-0.2, 0) is 0 Å². The average Bonchev–Trinajstić information content (AvgIpc) is 2.84. The molecule has 1 saturated heterocycles. The highest BCUT2D eigenvalue weighted by atomic mass is 32.1. The van der Waals surface area contributed by atoms with E-state index in [2.05, 4.69) is 16.7 Å². The summed E-state index contributed by atoms with van der Waals surface area (Å²) < 4.78 is 0. The number of nitrogens with zero attached hydrogens (tertiary/aromatic N) is 2. The third kappa shape index (κ3) is 3.03.